The molecule has 0 radical (unpaired) electrons. The van der Waals surface area contributed by atoms with Crippen molar-refractivity contribution in [2.45, 2.75) is 13.5 Å². The van der Waals surface area contributed by atoms with Crippen LogP contribution >= 0.6 is 15.9 Å². The Morgan fingerprint density at radius 1 is 1.11 bits per heavy atom. The highest BCUT2D eigenvalue weighted by Gasteiger charge is 2.07. The van der Waals surface area contributed by atoms with Crippen molar-refractivity contribution in [3.8, 4) is 12.0 Å². The quantitative estimate of drug-likeness (QED) is 0.907. The van der Waals surface area contributed by atoms with E-state index in [1.54, 1.807) is 0 Å². The molecular formula is C12H13BrN4O2. The topological polar surface area (TPSA) is 83.2 Å². The molecule has 2 N–H and O–H groups in total. The van der Waals surface area contributed by atoms with Crippen LogP contribution in [-0.2, 0) is 6.61 Å². The molecule has 7 heteroatoms. The predicted octanol–water partition coefficient (Wildman–Crippen LogP) is 2.19. The Labute approximate surface area is 119 Å². The Balaban J connectivity index is 2.09. The van der Waals surface area contributed by atoms with Gasteiger partial charge in [0, 0.05) is 10.0 Å². The number of nitrogen functional groups attached to an aromatic ring is 1. The molecule has 0 aliphatic rings. The van der Waals surface area contributed by atoms with Crippen molar-refractivity contribution >= 4 is 21.9 Å². The van der Waals surface area contributed by atoms with Crippen LogP contribution in [0.5, 0.6) is 12.0 Å². The lowest BCUT2D eigenvalue weighted by Crippen LogP contribution is -2.07. The van der Waals surface area contributed by atoms with Crippen LogP contribution in [0.2, 0.25) is 0 Å². The average Bonchev–Trinajstić information content (AvgIpc) is 2.37. The second-order valence-electron chi connectivity index (χ2n) is 3.57. The summed E-state index contributed by atoms with van der Waals surface area (Å²) in [6, 6.07) is 8.05. The van der Waals surface area contributed by atoms with Crippen LogP contribution in [0, 0.1) is 0 Å². The lowest BCUT2D eigenvalue weighted by Gasteiger charge is -2.07. The van der Waals surface area contributed by atoms with E-state index in [1.807, 2.05) is 31.2 Å². The van der Waals surface area contributed by atoms with Crippen molar-refractivity contribution < 1.29 is 9.47 Å². The van der Waals surface area contributed by atoms with Crippen LogP contribution in [0.1, 0.15) is 12.5 Å². The number of benzene rings is 1. The molecule has 0 aliphatic carbocycles. The maximum Gasteiger partial charge on any atom is 0.324 e. The first-order valence-electron chi connectivity index (χ1n) is 5.69. The average molecular weight is 325 g/mol. The van der Waals surface area contributed by atoms with Gasteiger partial charge in [0.05, 0.1) is 6.61 Å². The van der Waals surface area contributed by atoms with Gasteiger partial charge in [0.25, 0.3) is 0 Å². The number of rotatable bonds is 5. The van der Waals surface area contributed by atoms with Crippen LogP contribution in [0.15, 0.2) is 28.7 Å². The minimum Gasteiger partial charge on any atom is -0.464 e. The molecule has 6 nitrogen and oxygen atoms in total. The van der Waals surface area contributed by atoms with E-state index in [0.29, 0.717) is 13.2 Å². The summed E-state index contributed by atoms with van der Waals surface area (Å²) in [6.07, 6.45) is 0. The third-order valence-corrected chi connectivity index (χ3v) is 2.97. The van der Waals surface area contributed by atoms with E-state index in [0.717, 1.165) is 10.0 Å². The molecule has 0 aliphatic heterocycles. The van der Waals surface area contributed by atoms with Crippen LogP contribution in [0.25, 0.3) is 0 Å². The standard InChI is InChI=1S/C12H13BrN4O2/c1-2-18-11-15-10(14)16-12(17-11)19-7-8-5-3-4-6-9(8)13/h3-6H,2,7H2,1H3,(H2,14,15,16,17). The van der Waals surface area contributed by atoms with Crippen LogP contribution in [0.4, 0.5) is 5.95 Å². The van der Waals surface area contributed by atoms with Gasteiger partial charge in [0.15, 0.2) is 0 Å². The van der Waals surface area contributed by atoms with E-state index in [9.17, 15) is 0 Å². The summed E-state index contributed by atoms with van der Waals surface area (Å²) in [6.45, 7) is 2.62. The smallest absolute Gasteiger partial charge is 0.324 e. The predicted molar refractivity (Wildman–Crippen MR) is 73.9 cm³/mol. The van der Waals surface area contributed by atoms with Gasteiger partial charge in [-0.1, -0.05) is 34.1 Å². The molecule has 1 heterocycles. The summed E-state index contributed by atoms with van der Waals surface area (Å²) >= 11 is 3.44. The Morgan fingerprint density at radius 2 is 1.79 bits per heavy atom. The Kier molecular flexibility index (Phi) is 4.51. The number of anilines is 1. The molecule has 1 aromatic carbocycles. The minimum absolute atomic E-state index is 0.0700. The maximum absolute atomic E-state index is 5.56. The van der Waals surface area contributed by atoms with Crippen molar-refractivity contribution in [2.24, 2.45) is 0 Å². The van der Waals surface area contributed by atoms with Crippen LogP contribution in [-0.4, -0.2) is 21.6 Å². The van der Waals surface area contributed by atoms with E-state index in [4.69, 9.17) is 15.2 Å². The molecule has 2 aromatic rings. The number of aromatic nitrogens is 3. The molecular weight excluding hydrogens is 312 g/mol. The normalized spacial score (nSPS) is 10.2. The second-order valence-corrected chi connectivity index (χ2v) is 4.43. The van der Waals surface area contributed by atoms with Gasteiger partial charge in [-0.3, -0.25) is 0 Å². The number of hydrogen-bond acceptors (Lipinski definition) is 6. The zero-order valence-electron chi connectivity index (χ0n) is 10.3. The zero-order valence-corrected chi connectivity index (χ0v) is 11.9. The fourth-order valence-corrected chi connectivity index (χ4v) is 1.77. The molecule has 0 spiro atoms. The number of nitrogens with zero attached hydrogens (tertiary/aromatic N) is 3. The van der Waals surface area contributed by atoms with Gasteiger partial charge in [-0.05, 0) is 13.0 Å². The summed E-state index contributed by atoms with van der Waals surface area (Å²) in [7, 11) is 0. The summed E-state index contributed by atoms with van der Waals surface area (Å²) in [5.74, 6) is 0.0700. The number of hydrogen-bond donors (Lipinski definition) is 1. The van der Waals surface area contributed by atoms with Crippen molar-refractivity contribution in [2.75, 3.05) is 12.3 Å². The Hall–Kier alpha value is -1.89. The third-order valence-electron chi connectivity index (χ3n) is 2.20. The molecule has 100 valence electrons. The van der Waals surface area contributed by atoms with Gasteiger partial charge in [-0.2, -0.15) is 9.97 Å². The molecule has 0 saturated heterocycles. The van der Waals surface area contributed by atoms with Crippen molar-refractivity contribution in [1.29, 1.82) is 0 Å². The number of halogens is 1. The molecule has 0 atom stereocenters. The molecule has 1 aromatic heterocycles. The summed E-state index contributed by atoms with van der Waals surface area (Å²) < 4.78 is 11.6. The fraction of sp³-hybridized carbons (Fsp3) is 0.250. The summed E-state index contributed by atoms with van der Waals surface area (Å²) in [5.41, 5.74) is 6.54. The van der Waals surface area contributed by atoms with E-state index in [2.05, 4.69) is 30.9 Å². The monoisotopic (exact) mass is 324 g/mol. The van der Waals surface area contributed by atoms with E-state index in [1.165, 1.54) is 0 Å². The van der Waals surface area contributed by atoms with Gasteiger partial charge in [0.1, 0.15) is 6.61 Å². The lowest BCUT2D eigenvalue weighted by atomic mass is 10.2. The third kappa shape index (κ3) is 3.78. The van der Waals surface area contributed by atoms with Crippen molar-refractivity contribution in [3.05, 3.63) is 34.3 Å². The Morgan fingerprint density at radius 3 is 2.47 bits per heavy atom. The fourth-order valence-electron chi connectivity index (χ4n) is 1.37. The number of nitrogens with two attached hydrogens (primary N) is 1. The largest absolute Gasteiger partial charge is 0.464 e. The summed E-state index contributed by atoms with van der Waals surface area (Å²) in [5, 5.41) is 0. The Bertz CT molecular complexity index is 565. The number of ether oxygens (including phenoxy) is 2. The first-order chi connectivity index (χ1) is 9.19. The first kappa shape index (κ1) is 13.5. The first-order valence-corrected chi connectivity index (χ1v) is 6.49. The summed E-state index contributed by atoms with van der Waals surface area (Å²) in [4.78, 5) is 11.7. The van der Waals surface area contributed by atoms with Gasteiger partial charge in [-0.25, -0.2) is 0 Å². The minimum atomic E-state index is 0.0700. The van der Waals surface area contributed by atoms with Gasteiger partial charge in [-0.15, -0.1) is 4.98 Å². The molecule has 19 heavy (non-hydrogen) atoms. The second kappa shape index (κ2) is 6.33. The zero-order chi connectivity index (χ0) is 13.7. The highest BCUT2D eigenvalue weighted by atomic mass is 79.9. The highest BCUT2D eigenvalue weighted by Crippen LogP contribution is 2.18. The lowest BCUT2D eigenvalue weighted by molar-refractivity contribution is 0.261. The molecule has 0 fully saturated rings. The molecule has 0 unspecified atom stereocenters. The van der Waals surface area contributed by atoms with Gasteiger partial charge in [0.2, 0.25) is 5.95 Å². The SMILES string of the molecule is CCOc1nc(N)nc(OCc2ccccc2Br)n1. The van der Waals surface area contributed by atoms with E-state index >= 15 is 0 Å². The molecule has 0 amide bonds. The highest BCUT2D eigenvalue weighted by molar-refractivity contribution is 9.10. The van der Waals surface area contributed by atoms with Crippen molar-refractivity contribution in [3.63, 3.8) is 0 Å². The molecule has 0 bridgehead atoms. The van der Waals surface area contributed by atoms with Gasteiger partial charge < -0.3 is 15.2 Å². The van der Waals surface area contributed by atoms with Crippen molar-refractivity contribution in [1.82, 2.24) is 15.0 Å². The van der Waals surface area contributed by atoms with E-state index in [-0.39, 0.29) is 18.0 Å². The van der Waals surface area contributed by atoms with Gasteiger partial charge >= 0.3 is 12.0 Å². The molecule has 2 rings (SSSR count). The van der Waals surface area contributed by atoms with E-state index < -0.39 is 0 Å². The van der Waals surface area contributed by atoms with Crippen LogP contribution in [0.3, 0.4) is 0 Å². The van der Waals surface area contributed by atoms with Crippen LogP contribution < -0.4 is 15.2 Å². The molecule has 0 saturated carbocycles. The maximum atomic E-state index is 5.56.